The Morgan fingerprint density at radius 3 is 2.41 bits per heavy atom. The molecule has 4 aromatic rings. The van der Waals surface area contributed by atoms with Crippen LogP contribution >= 0.6 is 0 Å². The zero-order chi connectivity index (χ0) is 28.2. The summed E-state index contributed by atoms with van der Waals surface area (Å²) >= 11 is 0. The third kappa shape index (κ3) is 5.71. The van der Waals surface area contributed by atoms with Gasteiger partial charge in [-0.2, -0.15) is 5.26 Å². The molecule has 1 aromatic heterocycles. The van der Waals surface area contributed by atoms with Crippen molar-refractivity contribution in [3.8, 4) is 23.3 Å². The second kappa shape index (κ2) is 11.7. The summed E-state index contributed by atoms with van der Waals surface area (Å²) in [6, 6.07) is 23.2. The normalized spacial score (nSPS) is 15.4. The number of amides is 1. The third-order valence-electron chi connectivity index (χ3n) is 7.38. The number of carbonyl (C=O) groups excluding carboxylic acids is 1. The molecular weight excluding hydrogens is 520 g/mol. The summed E-state index contributed by atoms with van der Waals surface area (Å²) in [5, 5.41) is 13.0. The largest absolute Gasteiger partial charge is 0.497 e. The highest BCUT2D eigenvalue weighted by Gasteiger charge is 2.30. The first kappa shape index (κ1) is 26.3. The quantitative estimate of drug-likeness (QED) is 0.352. The molecular formula is C31H30N6O4. The first-order valence-corrected chi connectivity index (χ1v) is 13.5. The number of aromatic nitrogens is 2. The Morgan fingerprint density at radius 2 is 1.68 bits per heavy atom. The molecule has 0 bridgehead atoms. The van der Waals surface area contributed by atoms with Gasteiger partial charge in [-0.05, 0) is 47.5 Å². The summed E-state index contributed by atoms with van der Waals surface area (Å²) < 4.78 is 16.2. The second-order valence-corrected chi connectivity index (χ2v) is 10.00. The Hall–Kier alpha value is -4.88. The fourth-order valence-electron chi connectivity index (χ4n) is 5.12. The van der Waals surface area contributed by atoms with E-state index >= 15 is 0 Å². The van der Waals surface area contributed by atoms with Crippen LogP contribution in [-0.4, -0.2) is 60.9 Å². The van der Waals surface area contributed by atoms with Crippen molar-refractivity contribution in [2.75, 3.05) is 45.0 Å². The van der Waals surface area contributed by atoms with Crippen molar-refractivity contribution in [1.82, 2.24) is 20.2 Å². The molecule has 1 atom stereocenters. The summed E-state index contributed by atoms with van der Waals surface area (Å²) in [5.41, 5.74) is 3.81. The Bertz CT molecular complexity index is 1600. The maximum Gasteiger partial charge on any atom is 0.243 e. The summed E-state index contributed by atoms with van der Waals surface area (Å²) in [5.74, 6) is 1.37. The molecule has 0 unspecified atom stereocenters. The van der Waals surface area contributed by atoms with Crippen molar-refractivity contribution in [1.29, 1.82) is 5.26 Å². The monoisotopic (exact) mass is 550 g/mol. The fraction of sp³-hybridized carbons (Fsp3) is 0.290. The molecule has 41 heavy (non-hydrogen) atoms. The summed E-state index contributed by atoms with van der Waals surface area (Å²) in [7, 11) is 1.61. The van der Waals surface area contributed by atoms with Crippen LogP contribution in [0.15, 0.2) is 66.7 Å². The number of carbonyl (C=O) groups is 1. The molecule has 1 saturated heterocycles. The van der Waals surface area contributed by atoms with Gasteiger partial charge in [0, 0.05) is 39.3 Å². The van der Waals surface area contributed by atoms with Gasteiger partial charge in [-0.25, -0.2) is 9.97 Å². The predicted molar refractivity (Wildman–Crippen MR) is 153 cm³/mol. The van der Waals surface area contributed by atoms with Crippen molar-refractivity contribution in [3.05, 3.63) is 83.6 Å². The molecule has 1 amide bonds. The van der Waals surface area contributed by atoms with Crippen LogP contribution in [0.5, 0.6) is 17.2 Å². The zero-order valence-corrected chi connectivity index (χ0v) is 22.7. The van der Waals surface area contributed by atoms with E-state index in [1.54, 1.807) is 7.11 Å². The number of para-hydroxylation sites is 2. The Labute approximate surface area is 238 Å². The lowest BCUT2D eigenvalue weighted by Crippen LogP contribution is -2.47. The molecule has 1 N–H and O–H groups in total. The van der Waals surface area contributed by atoms with Gasteiger partial charge in [0.2, 0.25) is 12.7 Å². The van der Waals surface area contributed by atoms with Crippen molar-refractivity contribution in [3.63, 3.8) is 0 Å². The number of hydrogen-bond donors (Lipinski definition) is 1. The number of methoxy groups -OCH3 is 1. The van der Waals surface area contributed by atoms with Gasteiger partial charge in [0.1, 0.15) is 11.4 Å². The minimum absolute atomic E-state index is 0.260. The molecule has 208 valence electrons. The highest BCUT2D eigenvalue weighted by atomic mass is 16.7. The lowest BCUT2D eigenvalue weighted by molar-refractivity contribution is -0.121. The maximum atomic E-state index is 13.3. The number of nitrogens with zero attached hydrogens (tertiary/aromatic N) is 5. The third-order valence-corrected chi connectivity index (χ3v) is 7.38. The summed E-state index contributed by atoms with van der Waals surface area (Å²) in [6.07, 6.45) is 0. The molecule has 6 rings (SSSR count). The highest BCUT2D eigenvalue weighted by molar-refractivity contribution is 5.88. The first-order valence-electron chi connectivity index (χ1n) is 13.5. The topological polar surface area (TPSA) is 113 Å². The van der Waals surface area contributed by atoms with Crippen LogP contribution in [0.2, 0.25) is 0 Å². The van der Waals surface area contributed by atoms with Crippen LogP contribution in [0.25, 0.3) is 11.0 Å². The standard InChI is InChI=1S/C31H30N6O4/c1-39-23-9-6-21(7-10-23)18-33-31(38)24(17-32)29-30(35-26-5-3-2-4-25(26)34-29)37-14-12-36(13-15-37)19-22-8-11-27-28(16-22)41-20-40-27/h2-11,16,24H,12-15,18-20H2,1H3,(H,33,38)/t24-/m0/s1. The maximum absolute atomic E-state index is 13.3. The minimum Gasteiger partial charge on any atom is -0.497 e. The van der Waals surface area contributed by atoms with Gasteiger partial charge in [-0.3, -0.25) is 9.69 Å². The minimum atomic E-state index is -1.10. The van der Waals surface area contributed by atoms with Gasteiger partial charge in [0.15, 0.2) is 23.2 Å². The van der Waals surface area contributed by atoms with E-state index in [4.69, 9.17) is 24.2 Å². The molecule has 2 aliphatic heterocycles. The van der Waals surface area contributed by atoms with Crippen LogP contribution in [0.3, 0.4) is 0 Å². The lowest BCUT2D eigenvalue weighted by Gasteiger charge is -2.36. The number of piperazine rings is 1. The highest BCUT2D eigenvalue weighted by Crippen LogP contribution is 2.33. The Kier molecular flexibility index (Phi) is 7.52. The predicted octanol–water partition coefficient (Wildman–Crippen LogP) is 3.61. The SMILES string of the molecule is COc1ccc(CNC(=O)[C@@H](C#N)c2nc3ccccc3nc2N2CCN(Cc3ccc4c(c3)OCO4)CC2)cc1. The molecule has 0 spiro atoms. The molecule has 3 aromatic carbocycles. The molecule has 10 nitrogen and oxygen atoms in total. The second-order valence-electron chi connectivity index (χ2n) is 10.00. The van der Waals surface area contributed by atoms with E-state index in [0.717, 1.165) is 53.5 Å². The van der Waals surface area contributed by atoms with Gasteiger partial charge in [-0.1, -0.05) is 30.3 Å². The number of fused-ring (bicyclic) bond motifs is 2. The van der Waals surface area contributed by atoms with Crippen LogP contribution in [0, 0.1) is 11.3 Å². The van der Waals surface area contributed by atoms with E-state index in [1.165, 1.54) is 0 Å². The molecule has 0 radical (unpaired) electrons. The molecule has 2 aliphatic rings. The number of hydrogen-bond acceptors (Lipinski definition) is 9. The van der Waals surface area contributed by atoms with Crippen LogP contribution in [-0.2, 0) is 17.9 Å². The van der Waals surface area contributed by atoms with Crippen molar-refractivity contribution in [2.45, 2.75) is 19.0 Å². The number of ether oxygens (including phenoxy) is 3. The van der Waals surface area contributed by atoms with E-state index in [2.05, 4.69) is 27.3 Å². The van der Waals surface area contributed by atoms with Crippen molar-refractivity contribution in [2.24, 2.45) is 0 Å². The van der Waals surface area contributed by atoms with E-state index in [-0.39, 0.29) is 13.3 Å². The average molecular weight is 551 g/mol. The van der Waals surface area contributed by atoms with E-state index < -0.39 is 11.8 Å². The van der Waals surface area contributed by atoms with Crippen LogP contribution in [0.4, 0.5) is 5.82 Å². The van der Waals surface area contributed by atoms with Crippen molar-refractivity contribution < 1.29 is 19.0 Å². The fourth-order valence-corrected chi connectivity index (χ4v) is 5.12. The van der Waals surface area contributed by atoms with Crippen LogP contribution < -0.4 is 24.4 Å². The molecule has 1 fully saturated rings. The average Bonchev–Trinajstić information content (AvgIpc) is 3.49. The Balaban J connectivity index is 1.19. The first-order chi connectivity index (χ1) is 20.1. The van der Waals surface area contributed by atoms with Gasteiger partial charge >= 0.3 is 0 Å². The number of benzene rings is 3. The van der Waals surface area contributed by atoms with E-state index in [9.17, 15) is 10.1 Å². The molecule has 10 heteroatoms. The van der Waals surface area contributed by atoms with Crippen LogP contribution in [0.1, 0.15) is 22.7 Å². The number of anilines is 1. The van der Waals surface area contributed by atoms with Crippen molar-refractivity contribution >= 4 is 22.8 Å². The summed E-state index contributed by atoms with van der Waals surface area (Å²) in [6.45, 7) is 4.31. The number of nitriles is 1. The van der Waals surface area contributed by atoms with Gasteiger partial charge in [-0.15, -0.1) is 0 Å². The molecule has 0 aliphatic carbocycles. The number of nitrogens with one attached hydrogen (secondary N) is 1. The van der Waals surface area contributed by atoms with E-state index in [1.807, 2.05) is 60.7 Å². The smallest absolute Gasteiger partial charge is 0.243 e. The van der Waals surface area contributed by atoms with Gasteiger partial charge in [0.25, 0.3) is 0 Å². The van der Waals surface area contributed by atoms with E-state index in [0.29, 0.717) is 30.1 Å². The molecule has 3 heterocycles. The van der Waals surface area contributed by atoms with Gasteiger partial charge in [0.05, 0.1) is 24.2 Å². The lowest BCUT2D eigenvalue weighted by atomic mass is 10.0. The molecule has 0 saturated carbocycles. The number of rotatable bonds is 8. The Morgan fingerprint density at radius 1 is 0.976 bits per heavy atom. The van der Waals surface area contributed by atoms with Gasteiger partial charge < -0.3 is 24.4 Å². The summed E-state index contributed by atoms with van der Waals surface area (Å²) in [4.78, 5) is 27.5. The zero-order valence-electron chi connectivity index (χ0n) is 22.7.